The van der Waals surface area contributed by atoms with Gasteiger partial charge in [-0.1, -0.05) is 12.2 Å². The molecule has 0 amide bonds. The van der Waals surface area contributed by atoms with Gasteiger partial charge in [-0.15, -0.1) is 0 Å². The number of carbonyl (C=O) groups excluding carboxylic acids is 1. The van der Waals surface area contributed by atoms with Crippen LogP contribution in [0.3, 0.4) is 0 Å². The summed E-state index contributed by atoms with van der Waals surface area (Å²) in [5.41, 5.74) is 0. The van der Waals surface area contributed by atoms with Crippen LogP contribution in [-0.2, 0) is 9.59 Å². The van der Waals surface area contributed by atoms with Crippen molar-refractivity contribution in [2.75, 3.05) is 0 Å². The van der Waals surface area contributed by atoms with E-state index < -0.39 is 11.9 Å². The molecule has 0 aromatic carbocycles. The number of ketones is 1. The molecule has 0 saturated heterocycles. The highest BCUT2D eigenvalue weighted by Gasteiger charge is 2.37. The Balaban J connectivity index is 2.28. The molecule has 3 rings (SSSR count). The Kier molecular flexibility index (Phi) is 1.94. The summed E-state index contributed by atoms with van der Waals surface area (Å²) >= 11 is 0. The van der Waals surface area contributed by atoms with E-state index in [1.807, 2.05) is 12.2 Å². The number of carbonyl (C=O) groups is 2. The second-order valence-corrected chi connectivity index (χ2v) is 3.85. The minimum absolute atomic E-state index is 0.000556. The molecule has 0 aromatic heterocycles. The van der Waals surface area contributed by atoms with Crippen LogP contribution in [0.4, 0.5) is 0 Å². The zero-order valence-electron chi connectivity index (χ0n) is 7.27. The van der Waals surface area contributed by atoms with Gasteiger partial charge in [-0.2, -0.15) is 0 Å². The van der Waals surface area contributed by atoms with Crippen molar-refractivity contribution in [2.45, 2.75) is 19.3 Å². The highest BCUT2D eigenvalue weighted by Crippen LogP contribution is 2.36. The SMILES string of the molecule is O=C1C[C@H](C(=O)O)C2C=CC1CC2. The van der Waals surface area contributed by atoms with Crippen molar-refractivity contribution in [1.82, 2.24) is 0 Å². The van der Waals surface area contributed by atoms with Gasteiger partial charge in [-0.25, -0.2) is 0 Å². The summed E-state index contributed by atoms with van der Waals surface area (Å²) in [5, 5.41) is 8.91. The number of carboxylic acids is 1. The lowest BCUT2D eigenvalue weighted by Gasteiger charge is -2.18. The molecule has 3 aliphatic carbocycles. The number of fused-ring (bicyclic) bond motifs is 3. The van der Waals surface area contributed by atoms with Crippen molar-refractivity contribution in [3.63, 3.8) is 0 Å². The number of allylic oxidation sites excluding steroid dienone is 2. The lowest BCUT2D eigenvalue weighted by atomic mass is 9.86. The highest BCUT2D eigenvalue weighted by atomic mass is 16.4. The van der Waals surface area contributed by atoms with Crippen LogP contribution < -0.4 is 0 Å². The van der Waals surface area contributed by atoms with E-state index in [2.05, 4.69) is 0 Å². The van der Waals surface area contributed by atoms with E-state index in [1.54, 1.807) is 0 Å². The number of rotatable bonds is 1. The second-order valence-electron chi connectivity index (χ2n) is 3.85. The van der Waals surface area contributed by atoms with E-state index in [-0.39, 0.29) is 24.0 Å². The molecular weight excluding hydrogens is 168 g/mol. The lowest BCUT2D eigenvalue weighted by Crippen LogP contribution is -2.22. The van der Waals surface area contributed by atoms with Crippen molar-refractivity contribution < 1.29 is 14.7 Å². The third kappa shape index (κ3) is 1.39. The normalized spacial score (nSPS) is 37.5. The molecule has 1 N–H and O–H groups in total. The van der Waals surface area contributed by atoms with Crippen LogP contribution >= 0.6 is 0 Å². The first-order valence-corrected chi connectivity index (χ1v) is 4.62. The molecule has 0 heterocycles. The Hall–Kier alpha value is -1.12. The molecule has 1 fully saturated rings. The predicted molar refractivity (Wildman–Crippen MR) is 46.1 cm³/mol. The van der Waals surface area contributed by atoms with Gasteiger partial charge in [0.2, 0.25) is 0 Å². The summed E-state index contributed by atoms with van der Waals surface area (Å²) in [4.78, 5) is 22.3. The third-order valence-corrected chi connectivity index (χ3v) is 3.07. The second kappa shape index (κ2) is 2.98. The van der Waals surface area contributed by atoms with E-state index in [1.165, 1.54) is 0 Å². The van der Waals surface area contributed by atoms with Gasteiger partial charge in [0.1, 0.15) is 5.78 Å². The van der Waals surface area contributed by atoms with Crippen LogP contribution in [0.25, 0.3) is 0 Å². The number of hydrogen-bond acceptors (Lipinski definition) is 2. The van der Waals surface area contributed by atoms with E-state index in [4.69, 9.17) is 5.11 Å². The zero-order valence-corrected chi connectivity index (χ0v) is 7.27. The predicted octanol–water partition coefficient (Wildman–Crippen LogP) is 1.24. The maximum Gasteiger partial charge on any atom is 0.307 e. The van der Waals surface area contributed by atoms with E-state index >= 15 is 0 Å². The van der Waals surface area contributed by atoms with Crippen molar-refractivity contribution in [2.24, 2.45) is 17.8 Å². The summed E-state index contributed by atoms with van der Waals surface area (Å²) in [7, 11) is 0. The number of aliphatic carboxylic acids is 1. The Bertz CT molecular complexity index is 280. The van der Waals surface area contributed by atoms with Crippen molar-refractivity contribution >= 4 is 11.8 Å². The van der Waals surface area contributed by atoms with Gasteiger partial charge in [0.15, 0.2) is 0 Å². The molecule has 3 heteroatoms. The van der Waals surface area contributed by atoms with E-state index in [0.29, 0.717) is 0 Å². The first kappa shape index (κ1) is 8.48. The smallest absolute Gasteiger partial charge is 0.307 e. The number of hydrogen-bond donors (Lipinski definition) is 1. The maximum absolute atomic E-state index is 11.5. The van der Waals surface area contributed by atoms with Gasteiger partial charge < -0.3 is 5.11 Å². The summed E-state index contributed by atoms with van der Waals surface area (Å²) in [6.45, 7) is 0. The Morgan fingerprint density at radius 2 is 2.15 bits per heavy atom. The Morgan fingerprint density at radius 1 is 1.38 bits per heavy atom. The maximum atomic E-state index is 11.5. The quantitative estimate of drug-likeness (QED) is 0.618. The van der Waals surface area contributed by atoms with Crippen LogP contribution in [0.1, 0.15) is 19.3 Å². The number of Topliss-reactive ketones (excluding diaryl/α,β-unsaturated/α-hetero) is 1. The summed E-state index contributed by atoms with van der Waals surface area (Å²) in [6.07, 6.45) is 5.71. The molecule has 3 aliphatic rings. The van der Waals surface area contributed by atoms with Crippen LogP contribution in [0.5, 0.6) is 0 Å². The molecule has 0 spiro atoms. The van der Waals surface area contributed by atoms with Crippen LogP contribution in [0.15, 0.2) is 12.2 Å². The zero-order chi connectivity index (χ0) is 9.42. The van der Waals surface area contributed by atoms with Crippen molar-refractivity contribution in [3.05, 3.63) is 12.2 Å². The molecular formula is C10H12O3. The fraction of sp³-hybridized carbons (Fsp3) is 0.600. The van der Waals surface area contributed by atoms with E-state index in [9.17, 15) is 9.59 Å². The molecule has 0 aliphatic heterocycles. The van der Waals surface area contributed by atoms with Gasteiger partial charge in [0.25, 0.3) is 0 Å². The highest BCUT2D eigenvalue weighted by molar-refractivity contribution is 5.88. The fourth-order valence-corrected chi connectivity index (χ4v) is 2.23. The van der Waals surface area contributed by atoms with Crippen molar-refractivity contribution in [3.8, 4) is 0 Å². The molecule has 3 atom stereocenters. The van der Waals surface area contributed by atoms with E-state index in [0.717, 1.165) is 12.8 Å². The summed E-state index contributed by atoms with van der Waals surface area (Å²) in [6, 6.07) is 0. The third-order valence-electron chi connectivity index (χ3n) is 3.07. The largest absolute Gasteiger partial charge is 0.481 e. The number of carboxylic acid groups (broad SMARTS) is 1. The van der Waals surface area contributed by atoms with Gasteiger partial charge in [-0.3, -0.25) is 9.59 Å². The molecule has 1 saturated carbocycles. The van der Waals surface area contributed by atoms with Crippen LogP contribution in [0.2, 0.25) is 0 Å². The first-order valence-electron chi connectivity index (χ1n) is 4.62. The van der Waals surface area contributed by atoms with Gasteiger partial charge in [-0.05, 0) is 18.8 Å². The van der Waals surface area contributed by atoms with Gasteiger partial charge in [0, 0.05) is 12.3 Å². The first-order chi connectivity index (χ1) is 6.18. The van der Waals surface area contributed by atoms with Crippen LogP contribution in [-0.4, -0.2) is 16.9 Å². The summed E-state index contributed by atoms with van der Waals surface area (Å²) < 4.78 is 0. The topological polar surface area (TPSA) is 54.4 Å². The molecule has 2 bridgehead atoms. The van der Waals surface area contributed by atoms with Crippen LogP contribution in [0, 0.1) is 17.8 Å². The molecule has 70 valence electrons. The lowest BCUT2D eigenvalue weighted by molar-refractivity contribution is -0.144. The minimum atomic E-state index is -0.828. The standard InChI is InChI=1S/C10H12O3/c11-9-5-8(10(12)13)6-1-3-7(9)4-2-6/h1,3,6-8H,2,4-5H2,(H,12,13)/t6?,7?,8-/m0/s1. The summed E-state index contributed by atoms with van der Waals surface area (Å²) in [5.74, 6) is -1.12. The monoisotopic (exact) mass is 180 g/mol. The van der Waals surface area contributed by atoms with Gasteiger partial charge in [0.05, 0.1) is 5.92 Å². The molecule has 2 unspecified atom stereocenters. The Morgan fingerprint density at radius 3 is 2.69 bits per heavy atom. The average molecular weight is 180 g/mol. The molecule has 13 heavy (non-hydrogen) atoms. The minimum Gasteiger partial charge on any atom is -0.481 e. The van der Waals surface area contributed by atoms with Gasteiger partial charge >= 0.3 is 5.97 Å². The molecule has 0 radical (unpaired) electrons. The molecule has 3 nitrogen and oxygen atoms in total. The fourth-order valence-electron chi connectivity index (χ4n) is 2.23. The average Bonchev–Trinajstić information content (AvgIpc) is 2.36. The Labute approximate surface area is 76.4 Å². The molecule has 0 aromatic rings. The van der Waals surface area contributed by atoms with Crippen molar-refractivity contribution in [1.29, 1.82) is 0 Å².